The molecule has 2 fully saturated rings. The lowest BCUT2D eigenvalue weighted by Crippen LogP contribution is -2.50. The zero-order valence-electron chi connectivity index (χ0n) is 15.0. The first kappa shape index (κ1) is 17.4. The molecule has 0 N–H and O–H groups in total. The summed E-state index contributed by atoms with van der Waals surface area (Å²) in [6, 6.07) is 4.22. The Kier molecular flexibility index (Phi) is 4.61. The monoisotopic (exact) mass is 379 g/mol. The van der Waals surface area contributed by atoms with Crippen molar-refractivity contribution in [1.29, 1.82) is 0 Å². The molecule has 2 atom stereocenters. The maximum atomic E-state index is 12.8. The molecule has 3 aliphatic heterocycles. The predicted molar refractivity (Wildman–Crippen MR) is 104 cm³/mol. The molecule has 0 aromatic heterocycles. The molecule has 1 aromatic rings. The molecule has 0 radical (unpaired) electrons. The lowest BCUT2D eigenvalue weighted by Gasteiger charge is -2.46. The molecular formula is C19H25NO3S2. The first-order chi connectivity index (χ1) is 12.1. The van der Waals surface area contributed by atoms with E-state index in [1.54, 1.807) is 14.2 Å². The molecule has 1 aromatic carbocycles. The summed E-state index contributed by atoms with van der Waals surface area (Å²) in [6.45, 7) is 3.07. The van der Waals surface area contributed by atoms with E-state index in [9.17, 15) is 4.79 Å². The Morgan fingerprint density at radius 2 is 1.84 bits per heavy atom. The first-order valence-electron chi connectivity index (χ1n) is 8.88. The summed E-state index contributed by atoms with van der Waals surface area (Å²) in [5.74, 6) is 4.59. The average molecular weight is 380 g/mol. The molecule has 3 aliphatic rings. The summed E-state index contributed by atoms with van der Waals surface area (Å²) in [7, 11) is 3.36. The van der Waals surface area contributed by atoms with Gasteiger partial charge in [-0.2, -0.15) is 0 Å². The molecule has 1 amide bonds. The van der Waals surface area contributed by atoms with Crippen molar-refractivity contribution in [1.82, 2.24) is 4.90 Å². The van der Waals surface area contributed by atoms with Gasteiger partial charge in [0.1, 0.15) is 0 Å². The molecular weight excluding hydrogens is 354 g/mol. The molecule has 0 saturated carbocycles. The van der Waals surface area contributed by atoms with Crippen molar-refractivity contribution in [2.24, 2.45) is 5.92 Å². The van der Waals surface area contributed by atoms with E-state index < -0.39 is 0 Å². The Labute approximate surface area is 158 Å². The molecule has 3 heterocycles. The lowest BCUT2D eigenvalue weighted by atomic mass is 9.76. The van der Waals surface area contributed by atoms with Crippen LogP contribution in [-0.4, -0.2) is 47.7 Å². The second kappa shape index (κ2) is 6.62. The van der Waals surface area contributed by atoms with E-state index in [2.05, 4.69) is 24.0 Å². The first-order valence-corrected chi connectivity index (χ1v) is 11.0. The van der Waals surface area contributed by atoms with Gasteiger partial charge in [-0.25, -0.2) is 0 Å². The van der Waals surface area contributed by atoms with Gasteiger partial charge in [0.2, 0.25) is 5.91 Å². The lowest BCUT2D eigenvalue weighted by molar-refractivity contribution is -0.131. The SMILES string of the molecule is COc1cc2c(cc1OC)[C@]1(C)[C@H](C3SCCCS3)CC(=O)N1CC2. The van der Waals surface area contributed by atoms with Crippen LogP contribution in [0.25, 0.3) is 0 Å². The van der Waals surface area contributed by atoms with Gasteiger partial charge < -0.3 is 14.4 Å². The van der Waals surface area contributed by atoms with Gasteiger partial charge in [-0.15, -0.1) is 23.5 Å². The van der Waals surface area contributed by atoms with E-state index >= 15 is 0 Å². The number of nitrogens with zero attached hydrogens (tertiary/aromatic N) is 1. The van der Waals surface area contributed by atoms with Crippen molar-refractivity contribution < 1.29 is 14.3 Å². The van der Waals surface area contributed by atoms with E-state index in [0.29, 0.717) is 22.8 Å². The number of methoxy groups -OCH3 is 2. The number of carbonyl (C=O) groups excluding carboxylic acids is 1. The molecule has 6 heteroatoms. The molecule has 25 heavy (non-hydrogen) atoms. The van der Waals surface area contributed by atoms with E-state index in [1.165, 1.54) is 29.1 Å². The van der Waals surface area contributed by atoms with Crippen molar-refractivity contribution >= 4 is 29.4 Å². The van der Waals surface area contributed by atoms with Crippen LogP contribution < -0.4 is 9.47 Å². The van der Waals surface area contributed by atoms with Crippen molar-refractivity contribution in [2.45, 2.75) is 36.3 Å². The van der Waals surface area contributed by atoms with Gasteiger partial charge >= 0.3 is 0 Å². The molecule has 136 valence electrons. The number of hydrogen-bond donors (Lipinski definition) is 0. The largest absolute Gasteiger partial charge is 0.493 e. The van der Waals surface area contributed by atoms with Crippen molar-refractivity contribution in [2.75, 3.05) is 32.3 Å². The highest BCUT2D eigenvalue weighted by atomic mass is 32.2. The molecule has 0 aliphatic carbocycles. The van der Waals surface area contributed by atoms with Crippen LogP contribution in [0.1, 0.15) is 30.9 Å². The fourth-order valence-electron chi connectivity index (χ4n) is 4.59. The fraction of sp³-hybridized carbons (Fsp3) is 0.632. The Morgan fingerprint density at radius 3 is 2.52 bits per heavy atom. The summed E-state index contributed by atoms with van der Waals surface area (Å²) in [5.41, 5.74) is 2.30. The molecule has 0 unspecified atom stereocenters. The number of ether oxygens (including phenoxy) is 2. The quantitative estimate of drug-likeness (QED) is 0.803. The van der Waals surface area contributed by atoms with Crippen molar-refractivity contribution in [3.05, 3.63) is 23.3 Å². The van der Waals surface area contributed by atoms with Crippen molar-refractivity contribution in [3.8, 4) is 11.5 Å². The normalized spacial score (nSPS) is 29.3. The van der Waals surface area contributed by atoms with Crippen LogP contribution in [0.15, 0.2) is 12.1 Å². The van der Waals surface area contributed by atoms with E-state index in [-0.39, 0.29) is 5.54 Å². The second-order valence-corrected chi connectivity index (χ2v) is 9.88. The van der Waals surface area contributed by atoms with Crippen LogP contribution in [0.2, 0.25) is 0 Å². The van der Waals surface area contributed by atoms with E-state index in [4.69, 9.17) is 9.47 Å². The number of benzene rings is 1. The van der Waals surface area contributed by atoms with Gasteiger partial charge in [-0.3, -0.25) is 4.79 Å². The maximum absolute atomic E-state index is 12.8. The zero-order valence-corrected chi connectivity index (χ0v) is 16.7. The van der Waals surface area contributed by atoms with Crippen LogP contribution in [-0.2, 0) is 16.8 Å². The Morgan fingerprint density at radius 1 is 1.16 bits per heavy atom. The second-order valence-electron chi connectivity index (χ2n) is 7.08. The molecule has 4 rings (SSSR count). The fourth-order valence-corrected chi connectivity index (χ4v) is 8.01. The summed E-state index contributed by atoms with van der Waals surface area (Å²) in [6.07, 6.45) is 2.82. The van der Waals surface area contributed by atoms with E-state index in [0.717, 1.165) is 24.5 Å². The van der Waals surface area contributed by atoms with Gasteiger partial charge in [0.15, 0.2) is 11.5 Å². The number of carbonyl (C=O) groups is 1. The Balaban J connectivity index is 1.81. The highest BCUT2D eigenvalue weighted by Gasteiger charge is 2.55. The summed E-state index contributed by atoms with van der Waals surface area (Å²) < 4.78 is 11.6. The minimum Gasteiger partial charge on any atom is -0.493 e. The van der Waals surface area contributed by atoms with Crippen LogP contribution in [0.3, 0.4) is 0 Å². The number of rotatable bonds is 3. The molecule has 2 saturated heterocycles. The minimum absolute atomic E-state index is 0.244. The minimum atomic E-state index is -0.244. The third-order valence-electron chi connectivity index (χ3n) is 5.92. The summed E-state index contributed by atoms with van der Waals surface area (Å²) >= 11 is 4.07. The molecule has 4 nitrogen and oxygen atoms in total. The van der Waals surface area contributed by atoms with Gasteiger partial charge in [-0.05, 0) is 54.5 Å². The zero-order chi connectivity index (χ0) is 17.6. The third-order valence-corrected chi connectivity index (χ3v) is 9.10. The van der Waals surface area contributed by atoms with Gasteiger partial charge in [0, 0.05) is 18.9 Å². The highest BCUT2D eigenvalue weighted by molar-refractivity contribution is 8.17. The summed E-state index contributed by atoms with van der Waals surface area (Å²) in [5, 5.41) is 0. The predicted octanol–water partition coefficient (Wildman–Crippen LogP) is 3.52. The smallest absolute Gasteiger partial charge is 0.223 e. The van der Waals surface area contributed by atoms with Crippen LogP contribution in [0, 0.1) is 5.92 Å². The van der Waals surface area contributed by atoms with Gasteiger partial charge in [0.05, 0.1) is 24.3 Å². The van der Waals surface area contributed by atoms with Crippen LogP contribution >= 0.6 is 23.5 Å². The molecule has 0 bridgehead atoms. The van der Waals surface area contributed by atoms with E-state index in [1.807, 2.05) is 23.5 Å². The number of fused-ring (bicyclic) bond motifs is 3. The molecule has 0 spiro atoms. The van der Waals surface area contributed by atoms with Crippen molar-refractivity contribution in [3.63, 3.8) is 0 Å². The average Bonchev–Trinajstić information content (AvgIpc) is 2.92. The standard InChI is InChI=1S/C19H25NO3S2/c1-19-13-10-16(23-3)15(22-2)9-12(13)5-6-20(19)17(21)11-14(19)18-24-7-4-8-25-18/h9-10,14,18H,4-8,11H2,1-3H3/t14-,19+/m0/s1. The third kappa shape index (κ3) is 2.64. The Hall–Kier alpha value is -1.01. The highest BCUT2D eigenvalue weighted by Crippen LogP contribution is 2.55. The topological polar surface area (TPSA) is 38.8 Å². The maximum Gasteiger partial charge on any atom is 0.223 e. The summed E-state index contributed by atoms with van der Waals surface area (Å²) in [4.78, 5) is 14.9. The number of hydrogen-bond acceptors (Lipinski definition) is 5. The van der Waals surface area contributed by atoms with Gasteiger partial charge in [-0.1, -0.05) is 0 Å². The van der Waals surface area contributed by atoms with Crippen LogP contribution in [0.4, 0.5) is 0 Å². The number of thioether (sulfide) groups is 2. The van der Waals surface area contributed by atoms with Gasteiger partial charge in [0.25, 0.3) is 0 Å². The Bertz CT molecular complexity index is 689. The van der Waals surface area contributed by atoms with Crippen LogP contribution in [0.5, 0.6) is 11.5 Å². The number of amides is 1.